The summed E-state index contributed by atoms with van der Waals surface area (Å²) < 4.78 is 0. The molecule has 1 heterocycles. The molecule has 2 atom stereocenters. The van der Waals surface area contributed by atoms with Crippen LogP contribution in [-0.2, 0) is 4.79 Å². The van der Waals surface area contributed by atoms with Crippen LogP contribution in [0, 0.1) is 0 Å². The Balaban J connectivity index is 2.23. The Morgan fingerprint density at radius 1 is 1.33 bits per heavy atom. The lowest BCUT2D eigenvalue weighted by Gasteiger charge is -2.19. The summed E-state index contributed by atoms with van der Waals surface area (Å²) in [5, 5.41) is 2.89. The van der Waals surface area contributed by atoms with Gasteiger partial charge in [0.2, 0.25) is 5.91 Å². The van der Waals surface area contributed by atoms with Crippen molar-refractivity contribution in [3.63, 3.8) is 0 Å². The first-order valence-electron chi connectivity index (χ1n) is 4.99. The molecule has 4 heteroatoms. The van der Waals surface area contributed by atoms with Crippen LogP contribution < -0.4 is 11.1 Å². The molecule has 0 radical (unpaired) electrons. The molecule has 1 aromatic carbocycles. The van der Waals surface area contributed by atoms with E-state index in [2.05, 4.69) is 5.32 Å². The van der Waals surface area contributed by atoms with Gasteiger partial charge in [0, 0.05) is 12.3 Å². The Bertz CT molecular complexity index is 342. The van der Waals surface area contributed by atoms with E-state index in [4.69, 9.17) is 5.73 Å². The molecular formula is C11H14N2OS. The highest BCUT2D eigenvalue weighted by Gasteiger charge is 2.28. The predicted molar refractivity (Wildman–Crippen MR) is 62.6 cm³/mol. The fraction of sp³-hybridized carbons (Fsp3) is 0.364. The van der Waals surface area contributed by atoms with Gasteiger partial charge in [0.1, 0.15) is 6.04 Å². The molecule has 0 aliphatic carbocycles. The molecule has 0 spiro atoms. The maximum atomic E-state index is 11.5. The van der Waals surface area contributed by atoms with E-state index in [1.54, 1.807) is 11.8 Å². The Labute approximate surface area is 93.4 Å². The van der Waals surface area contributed by atoms with E-state index in [1.807, 2.05) is 30.3 Å². The van der Waals surface area contributed by atoms with Crippen LogP contribution in [0.3, 0.4) is 0 Å². The minimum Gasteiger partial charge on any atom is -0.354 e. The summed E-state index contributed by atoms with van der Waals surface area (Å²) in [6.07, 6.45) is 0. The highest BCUT2D eigenvalue weighted by Crippen LogP contribution is 2.32. The number of hydrogen-bond acceptors (Lipinski definition) is 3. The molecule has 0 aromatic heterocycles. The third-order valence-corrected chi connectivity index (χ3v) is 3.82. The molecule has 2 rings (SSSR count). The zero-order chi connectivity index (χ0) is 10.7. The molecule has 3 N–H and O–H groups in total. The summed E-state index contributed by atoms with van der Waals surface area (Å²) in [6.45, 7) is 0.709. The highest BCUT2D eigenvalue weighted by molar-refractivity contribution is 7.99. The molecule has 0 saturated carbocycles. The van der Waals surface area contributed by atoms with E-state index in [9.17, 15) is 4.79 Å². The summed E-state index contributed by atoms with van der Waals surface area (Å²) >= 11 is 1.74. The maximum Gasteiger partial charge on any atom is 0.238 e. The lowest BCUT2D eigenvalue weighted by Crippen LogP contribution is -2.42. The molecule has 3 nitrogen and oxygen atoms in total. The van der Waals surface area contributed by atoms with E-state index < -0.39 is 6.04 Å². The van der Waals surface area contributed by atoms with E-state index in [0.717, 1.165) is 11.3 Å². The smallest absolute Gasteiger partial charge is 0.238 e. The van der Waals surface area contributed by atoms with Crippen LogP contribution in [-0.4, -0.2) is 24.2 Å². The molecule has 1 aromatic rings. The van der Waals surface area contributed by atoms with Gasteiger partial charge in [-0.2, -0.15) is 0 Å². The normalized spacial score (nSPS) is 26.9. The van der Waals surface area contributed by atoms with Gasteiger partial charge in [0.05, 0.1) is 5.25 Å². The zero-order valence-corrected chi connectivity index (χ0v) is 9.17. The zero-order valence-electron chi connectivity index (χ0n) is 8.35. The quantitative estimate of drug-likeness (QED) is 0.743. The van der Waals surface area contributed by atoms with Crippen molar-refractivity contribution in [1.29, 1.82) is 0 Å². The molecule has 1 aliphatic rings. The minimum atomic E-state index is -0.445. The fourth-order valence-electron chi connectivity index (χ4n) is 1.67. The summed E-state index contributed by atoms with van der Waals surface area (Å²) in [7, 11) is 0. The monoisotopic (exact) mass is 222 g/mol. The van der Waals surface area contributed by atoms with Crippen molar-refractivity contribution in [1.82, 2.24) is 5.32 Å². The Hall–Kier alpha value is -1.00. The number of thioether (sulfide) groups is 1. The molecular weight excluding hydrogens is 208 g/mol. The molecule has 1 aliphatic heterocycles. The first kappa shape index (κ1) is 10.5. The van der Waals surface area contributed by atoms with Crippen LogP contribution in [0.25, 0.3) is 0 Å². The number of nitrogens with one attached hydrogen (secondary N) is 1. The maximum absolute atomic E-state index is 11.5. The lowest BCUT2D eigenvalue weighted by atomic mass is 10.1. The predicted octanol–water partition coefficient (Wildman–Crippen LogP) is 0.918. The van der Waals surface area contributed by atoms with E-state index in [-0.39, 0.29) is 11.2 Å². The van der Waals surface area contributed by atoms with Gasteiger partial charge < -0.3 is 11.1 Å². The Morgan fingerprint density at radius 2 is 2.07 bits per heavy atom. The van der Waals surface area contributed by atoms with Crippen molar-refractivity contribution in [3.05, 3.63) is 35.9 Å². The van der Waals surface area contributed by atoms with Crippen LogP contribution in [0.15, 0.2) is 30.3 Å². The van der Waals surface area contributed by atoms with Crippen LogP contribution in [0.2, 0.25) is 0 Å². The third kappa shape index (κ3) is 2.33. The average molecular weight is 222 g/mol. The van der Waals surface area contributed by atoms with Crippen molar-refractivity contribution in [3.8, 4) is 0 Å². The van der Waals surface area contributed by atoms with E-state index in [0.29, 0.717) is 6.54 Å². The van der Waals surface area contributed by atoms with Crippen LogP contribution >= 0.6 is 11.8 Å². The first-order chi connectivity index (χ1) is 7.29. The number of hydrogen-bond donors (Lipinski definition) is 2. The van der Waals surface area contributed by atoms with Crippen molar-refractivity contribution in [2.75, 3.05) is 12.3 Å². The summed E-state index contributed by atoms with van der Waals surface area (Å²) in [5.74, 6) is 0.868. The van der Waals surface area contributed by atoms with Crippen molar-refractivity contribution in [2.24, 2.45) is 5.73 Å². The second-order valence-electron chi connectivity index (χ2n) is 3.52. The van der Waals surface area contributed by atoms with Gasteiger partial charge in [0.15, 0.2) is 0 Å². The number of carbonyl (C=O) groups is 1. The number of carbonyl (C=O) groups excluding carboxylic acids is 1. The SMILES string of the molecule is NC1C(=O)NCCSC1c1ccccc1. The third-order valence-electron chi connectivity index (χ3n) is 2.46. The number of benzene rings is 1. The fourth-order valence-corrected chi connectivity index (χ4v) is 2.82. The number of rotatable bonds is 1. The highest BCUT2D eigenvalue weighted by atomic mass is 32.2. The van der Waals surface area contributed by atoms with E-state index in [1.165, 1.54) is 0 Å². The topological polar surface area (TPSA) is 55.1 Å². The van der Waals surface area contributed by atoms with Gasteiger partial charge in [0.25, 0.3) is 0 Å². The lowest BCUT2D eigenvalue weighted by molar-refractivity contribution is -0.122. The standard InChI is InChI=1S/C11H14N2OS/c12-9-10(8-4-2-1-3-5-8)15-7-6-13-11(9)14/h1-5,9-10H,6-7,12H2,(H,13,14). The summed E-state index contributed by atoms with van der Waals surface area (Å²) in [6, 6.07) is 9.53. The molecule has 1 fully saturated rings. The summed E-state index contributed by atoms with van der Waals surface area (Å²) in [5.41, 5.74) is 7.05. The van der Waals surface area contributed by atoms with E-state index >= 15 is 0 Å². The van der Waals surface area contributed by atoms with Gasteiger partial charge in [-0.1, -0.05) is 30.3 Å². The molecule has 1 saturated heterocycles. The molecule has 80 valence electrons. The number of nitrogens with two attached hydrogens (primary N) is 1. The molecule has 1 amide bonds. The summed E-state index contributed by atoms with van der Waals surface area (Å²) in [4.78, 5) is 11.5. The van der Waals surface area contributed by atoms with Crippen LogP contribution in [0.1, 0.15) is 10.8 Å². The van der Waals surface area contributed by atoms with Crippen molar-refractivity contribution >= 4 is 17.7 Å². The Morgan fingerprint density at radius 3 is 2.80 bits per heavy atom. The average Bonchev–Trinajstić information content (AvgIpc) is 2.44. The Kier molecular flexibility index (Phi) is 3.28. The van der Waals surface area contributed by atoms with Crippen LogP contribution in [0.5, 0.6) is 0 Å². The van der Waals surface area contributed by atoms with Crippen molar-refractivity contribution < 1.29 is 4.79 Å². The van der Waals surface area contributed by atoms with Gasteiger partial charge in [-0.3, -0.25) is 4.79 Å². The minimum absolute atomic E-state index is 0.0474. The molecule has 15 heavy (non-hydrogen) atoms. The van der Waals surface area contributed by atoms with Crippen LogP contribution in [0.4, 0.5) is 0 Å². The second-order valence-corrected chi connectivity index (χ2v) is 4.77. The van der Waals surface area contributed by atoms with Gasteiger partial charge in [-0.25, -0.2) is 0 Å². The van der Waals surface area contributed by atoms with Crippen molar-refractivity contribution in [2.45, 2.75) is 11.3 Å². The largest absolute Gasteiger partial charge is 0.354 e. The van der Waals surface area contributed by atoms with Gasteiger partial charge >= 0.3 is 0 Å². The van der Waals surface area contributed by atoms with Gasteiger partial charge in [-0.05, 0) is 5.56 Å². The molecule has 2 unspecified atom stereocenters. The molecule has 0 bridgehead atoms. The van der Waals surface area contributed by atoms with Gasteiger partial charge in [-0.15, -0.1) is 11.8 Å². The second kappa shape index (κ2) is 4.68. The number of amides is 1. The first-order valence-corrected chi connectivity index (χ1v) is 6.04.